The van der Waals surface area contributed by atoms with Gasteiger partial charge in [-0.25, -0.2) is 0 Å². The molecule has 0 saturated heterocycles. The molecule has 2 heterocycles. The fourth-order valence-electron chi connectivity index (χ4n) is 4.49. The predicted octanol–water partition coefficient (Wildman–Crippen LogP) is 6.52. The van der Waals surface area contributed by atoms with Gasteiger partial charge in [0.2, 0.25) is 5.17 Å². The summed E-state index contributed by atoms with van der Waals surface area (Å²) >= 11 is 1.22. The van der Waals surface area contributed by atoms with Crippen molar-refractivity contribution in [3.63, 3.8) is 0 Å². The normalized spacial score (nSPS) is 15.5. The standard InChI is InChI=1S/C32H26N4O4S/c1-2-38-28-18-21(15-16-27(28)40-19-23-11-8-10-22-9-6-7-14-25(22)23)17-26-30(33)36-32(34-31(26)37)41-29(35-36)20-39-24-12-4-3-5-13-24/h3-18,33H,2,19-20H2,1H3. The van der Waals surface area contributed by atoms with Gasteiger partial charge in [0, 0.05) is 0 Å². The third kappa shape index (κ3) is 5.71. The summed E-state index contributed by atoms with van der Waals surface area (Å²) in [4.78, 5) is 17.1. The van der Waals surface area contributed by atoms with Crippen molar-refractivity contribution < 1.29 is 19.0 Å². The van der Waals surface area contributed by atoms with E-state index in [0.29, 0.717) is 46.2 Å². The number of amidine groups is 2. The predicted molar refractivity (Wildman–Crippen MR) is 163 cm³/mol. The number of thioether (sulfide) groups is 1. The summed E-state index contributed by atoms with van der Waals surface area (Å²) in [6.07, 6.45) is 1.63. The van der Waals surface area contributed by atoms with Gasteiger partial charge in [-0.2, -0.15) is 15.1 Å². The lowest BCUT2D eigenvalue weighted by Crippen LogP contribution is -2.35. The van der Waals surface area contributed by atoms with E-state index >= 15 is 0 Å². The van der Waals surface area contributed by atoms with Crippen molar-refractivity contribution >= 4 is 50.6 Å². The van der Waals surface area contributed by atoms with Crippen LogP contribution >= 0.6 is 11.8 Å². The van der Waals surface area contributed by atoms with Gasteiger partial charge in [0.1, 0.15) is 24.0 Å². The van der Waals surface area contributed by atoms with Crippen LogP contribution in [0, 0.1) is 5.41 Å². The van der Waals surface area contributed by atoms with E-state index in [1.54, 1.807) is 12.1 Å². The maximum Gasteiger partial charge on any atom is 0.283 e. The van der Waals surface area contributed by atoms with Gasteiger partial charge in [0.05, 0.1) is 12.2 Å². The molecule has 0 saturated carbocycles. The van der Waals surface area contributed by atoms with E-state index < -0.39 is 5.91 Å². The maximum absolute atomic E-state index is 12.9. The van der Waals surface area contributed by atoms with Gasteiger partial charge < -0.3 is 14.2 Å². The minimum atomic E-state index is -0.497. The zero-order valence-electron chi connectivity index (χ0n) is 22.2. The fourth-order valence-corrected chi connectivity index (χ4v) is 5.29. The Morgan fingerprint density at radius 3 is 2.54 bits per heavy atom. The molecule has 204 valence electrons. The number of hydrogen-bond donors (Lipinski definition) is 1. The van der Waals surface area contributed by atoms with Crippen LogP contribution in [-0.2, 0) is 11.4 Å². The zero-order chi connectivity index (χ0) is 28.2. The lowest BCUT2D eigenvalue weighted by Gasteiger charge is -2.20. The minimum Gasteiger partial charge on any atom is -0.490 e. The highest BCUT2D eigenvalue weighted by molar-refractivity contribution is 8.27. The van der Waals surface area contributed by atoms with Gasteiger partial charge >= 0.3 is 0 Å². The number of para-hydroxylation sites is 1. The Kier molecular flexibility index (Phi) is 7.51. The second-order valence-corrected chi connectivity index (χ2v) is 10.2. The third-order valence-electron chi connectivity index (χ3n) is 6.44. The Hall–Kier alpha value is -4.89. The lowest BCUT2D eigenvalue weighted by atomic mass is 10.1. The first kappa shape index (κ1) is 26.3. The molecule has 0 unspecified atom stereocenters. The van der Waals surface area contributed by atoms with Crippen molar-refractivity contribution in [1.82, 2.24) is 5.01 Å². The highest BCUT2D eigenvalue weighted by Crippen LogP contribution is 2.33. The third-order valence-corrected chi connectivity index (χ3v) is 7.33. The van der Waals surface area contributed by atoms with Crippen LogP contribution in [0.3, 0.4) is 0 Å². The SMILES string of the molecule is CCOc1cc(C=C2C(=N)N3N=C(COc4ccccc4)SC3=NC2=O)ccc1OCc1cccc2ccccc12. The van der Waals surface area contributed by atoms with Crippen LogP contribution in [0.25, 0.3) is 16.8 Å². The van der Waals surface area contributed by atoms with Crippen LogP contribution in [0.5, 0.6) is 17.2 Å². The Labute approximate surface area is 241 Å². The highest BCUT2D eigenvalue weighted by atomic mass is 32.2. The number of carbonyl (C=O) groups is 1. The van der Waals surface area contributed by atoms with Crippen molar-refractivity contribution in [2.75, 3.05) is 13.2 Å². The van der Waals surface area contributed by atoms with Crippen LogP contribution < -0.4 is 14.2 Å². The number of rotatable bonds is 9. The molecule has 0 spiro atoms. The first-order chi connectivity index (χ1) is 20.1. The number of nitrogens with one attached hydrogen (secondary N) is 1. The molecule has 4 aromatic rings. The number of fused-ring (bicyclic) bond motifs is 2. The number of hydrogen-bond acceptors (Lipinski definition) is 7. The number of amides is 1. The second kappa shape index (κ2) is 11.7. The molecule has 1 amide bonds. The molecular weight excluding hydrogens is 536 g/mol. The van der Waals surface area contributed by atoms with Crippen LogP contribution in [0.1, 0.15) is 18.1 Å². The first-order valence-electron chi connectivity index (χ1n) is 13.1. The maximum atomic E-state index is 12.9. The van der Waals surface area contributed by atoms with E-state index in [1.165, 1.54) is 16.8 Å². The van der Waals surface area contributed by atoms with Crippen molar-refractivity contribution in [3.05, 3.63) is 108 Å². The monoisotopic (exact) mass is 562 g/mol. The molecule has 0 bridgehead atoms. The summed E-state index contributed by atoms with van der Waals surface area (Å²) in [5.74, 6) is 1.32. The second-order valence-electron chi connectivity index (χ2n) is 9.18. The van der Waals surface area contributed by atoms with E-state index in [0.717, 1.165) is 16.3 Å². The van der Waals surface area contributed by atoms with E-state index in [-0.39, 0.29) is 18.0 Å². The smallest absolute Gasteiger partial charge is 0.283 e. The fraction of sp³-hybridized carbons (Fsp3) is 0.125. The van der Waals surface area contributed by atoms with Crippen LogP contribution in [-0.4, -0.2) is 40.2 Å². The lowest BCUT2D eigenvalue weighted by molar-refractivity contribution is -0.114. The van der Waals surface area contributed by atoms with E-state index in [9.17, 15) is 4.79 Å². The quantitative estimate of drug-likeness (QED) is 0.234. The number of nitrogens with zero attached hydrogens (tertiary/aromatic N) is 3. The van der Waals surface area contributed by atoms with Gasteiger partial charge in [0.15, 0.2) is 17.3 Å². The Morgan fingerprint density at radius 2 is 1.68 bits per heavy atom. The molecule has 0 fully saturated rings. The van der Waals surface area contributed by atoms with Crippen LogP contribution in [0.15, 0.2) is 107 Å². The average Bonchev–Trinajstić information content (AvgIpc) is 3.41. The first-order valence-corrected chi connectivity index (χ1v) is 13.9. The molecular formula is C32H26N4O4S. The molecule has 2 aliphatic rings. The molecule has 4 aromatic carbocycles. The van der Waals surface area contributed by atoms with Gasteiger partial charge in [0.25, 0.3) is 5.91 Å². The average molecular weight is 563 g/mol. The van der Waals surface area contributed by atoms with E-state index in [2.05, 4.69) is 34.4 Å². The summed E-state index contributed by atoms with van der Waals surface area (Å²) < 4.78 is 17.8. The molecule has 6 rings (SSSR count). The molecule has 2 aliphatic heterocycles. The molecule has 8 nitrogen and oxygen atoms in total. The van der Waals surface area contributed by atoms with Gasteiger partial charge in [-0.1, -0.05) is 66.7 Å². The molecule has 1 N–H and O–H groups in total. The Balaban J connectivity index is 1.19. The topological polar surface area (TPSA) is 96.6 Å². The van der Waals surface area contributed by atoms with Gasteiger partial charge in [-0.15, -0.1) is 0 Å². The number of hydrazone groups is 1. The number of carbonyl (C=O) groups excluding carboxylic acids is 1. The Morgan fingerprint density at radius 1 is 0.878 bits per heavy atom. The largest absolute Gasteiger partial charge is 0.490 e. The number of aliphatic imine (C=N–C) groups is 1. The summed E-state index contributed by atoms with van der Waals surface area (Å²) in [7, 11) is 0. The van der Waals surface area contributed by atoms with Gasteiger partial charge in [-0.05, 0) is 70.9 Å². The van der Waals surface area contributed by atoms with Crippen molar-refractivity contribution in [1.29, 1.82) is 5.41 Å². The number of ether oxygens (including phenoxy) is 3. The van der Waals surface area contributed by atoms with E-state index in [1.807, 2.05) is 67.6 Å². The molecule has 0 aliphatic carbocycles. The molecule has 0 radical (unpaired) electrons. The van der Waals surface area contributed by atoms with Crippen molar-refractivity contribution in [2.45, 2.75) is 13.5 Å². The van der Waals surface area contributed by atoms with E-state index in [4.69, 9.17) is 19.6 Å². The zero-order valence-corrected chi connectivity index (χ0v) is 23.1. The Bertz CT molecular complexity index is 1730. The molecule has 0 aromatic heterocycles. The molecule has 0 atom stereocenters. The van der Waals surface area contributed by atoms with Crippen molar-refractivity contribution in [2.24, 2.45) is 10.1 Å². The summed E-state index contributed by atoms with van der Waals surface area (Å²) in [5.41, 5.74) is 1.89. The molecule has 9 heteroatoms. The minimum absolute atomic E-state index is 0.0450. The summed E-state index contributed by atoms with van der Waals surface area (Å²) in [6.45, 7) is 2.94. The van der Waals surface area contributed by atoms with Crippen LogP contribution in [0.2, 0.25) is 0 Å². The number of benzene rings is 4. The molecule has 41 heavy (non-hydrogen) atoms. The summed E-state index contributed by atoms with van der Waals surface area (Å²) in [5, 5.41) is 17.8. The van der Waals surface area contributed by atoms with Crippen molar-refractivity contribution in [3.8, 4) is 17.2 Å². The van der Waals surface area contributed by atoms with Crippen LogP contribution in [0.4, 0.5) is 0 Å². The van der Waals surface area contributed by atoms with Gasteiger partial charge in [-0.3, -0.25) is 10.2 Å². The highest BCUT2D eigenvalue weighted by Gasteiger charge is 2.35. The summed E-state index contributed by atoms with van der Waals surface area (Å²) in [6, 6.07) is 29.2.